The zero-order valence-electron chi connectivity index (χ0n) is 18.4. The van der Waals surface area contributed by atoms with E-state index < -0.39 is 41.8 Å². The van der Waals surface area contributed by atoms with Crippen LogP contribution in [0.5, 0.6) is 5.75 Å². The second kappa shape index (κ2) is 14.6. The summed E-state index contributed by atoms with van der Waals surface area (Å²) in [5.41, 5.74) is 16.3. The SMILES string of the molecule is NCC(=O)NC(CS)C(=O)NC(Cc1ccc(O)cc1)C(=O)NC(CCCN=C(N)N)C(=O)O. The largest absolute Gasteiger partial charge is 0.508 e. The van der Waals surface area contributed by atoms with Gasteiger partial charge < -0.3 is 43.4 Å². The van der Waals surface area contributed by atoms with E-state index in [1.165, 1.54) is 12.1 Å². The number of benzene rings is 1. The maximum Gasteiger partial charge on any atom is 0.326 e. The Kier molecular flexibility index (Phi) is 12.2. The third-order valence-corrected chi connectivity index (χ3v) is 4.95. The predicted octanol–water partition coefficient (Wildman–Crippen LogP) is -2.58. The molecule has 0 saturated carbocycles. The number of amides is 3. The molecule has 3 atom stereocenters. The van der Waals surface area contributed by atoms with E-state index in [4.69, 9.17) is 17.2 Å². The van der Waals surface area contributed by atoms with Crippen molar-refractivity contribution < 1.29 is 29.4 Å². The van der Waals surface area contributed by atoms with Gasteiger partial charge in [-0.1, -0.05) is 12.1 Å². The molecule has 0 heterocycles. The molecule has 34 heavy (non-hydrogen) atoms. The number of thiol groups is 1. The van der Waals surface area contributed by atoms with Gasteiger partial charge in [-0.15, -0.1) is 0 Å². The number of hydrogen-bond donors (Lipinski definition) is 9. The number of carbonyl (C=O) groups excluding carboxylic acids is 3. The van der Waals surface area contributed by atoms with Gasteiger partial charge in [0.15, 0.2) is 5.96 Å². The van der Waals surface area contributed by atoms with Crippen molar-refractivity contribution in [1.29, 1.82) is 0 Å². The van der Waals surface area contributed by atoms with Gasteiger partial charge in [-0.05, 0) is 30.5 Å². The lowest BCUT2D eigenvalue weighted by molar-refractivity contribution is -0.142. The highest BCUT2D eigenvalue weighted by Crippen LogP contribution is 2.12. The van der Waals surface area contributed by atoms with Crippen molar-refractivity contribution in [3.05, 3.63) is 29.8 Å². The first-order valence-electron chi connectivity index (χ1n) is 10.3. The summed E-state index contributed by atoms with van der Waals surface area (Å²) < 4.78 is 0. The highest BCUT2D eigenvalue weighted by Gasteiger charge is 2.29. The summed E-state index contributed by atoms with van der Waals surface area (Å²) in [5.74, 6) is -3.48. The van der Waals surface area contributed by atoms with Crippen LogP contribution in [-0.4, -0.2) is 76.8 Å². The van der Waals surface area contributed by atoms with Gasteiger partial charge in [0.1, 0.15) is 23.9 Å². The fraction of sp³-hybridized carbons (Fsp3) is 0.450. The third kappa shape index (κ3) is 10.4. The number of nitrogens with zero attached hydrogens (tertiary/aromatic N) is 1. The van der Waals surface area contributed by atoms with E-state index in [2.05, 4.69) is 33.6 Å². The van der Waals surface area contributed by atoms with Crippen LogP contribution in [0.25, 0.3) is 0 Å². The zero-order valence-corrected chi connectivity index (χ0v) is 19.3. The number of rotatable bonds is 14. The van der Waals surface area contributed by atoms with Gasteiger partial charge in [0.25, 0.3) is 0 Å². The summed E-state index contributed by atoms with van der Waals surface area (Å²) in [5, 5.41) is 26.3. The summed E-state index contributed by atoms with van der Waals surface area (Å²) in [6.45, 7) is -0.157. The van der Waals surface area contributed by atoms with Crippen molar-refractivity contribution in [3.8, 4) is 5.75 Å². The second-order valence-electron chi connectivity index (χ2n) is 7.29. The molecule has 11 N–H and O–H groups in total. The van der Waals surface area contributed by atoms with Crippen LogP contribution in [0, 0.1) is 0 Å². The Morgan fingerprint density at radius 1 is 0.971 bits per heavy atom. The summed E-state index contributed by atoms with van der Waals surface area (Å²) in [4.78, 5) is 52.6. The summed E-state index contributed by atoms with van der Waals surface area (Å²) in [6.07, 6.45) is 0.322. The lowest BCUT2D eigenvalue weighted by atomic mass is 10.0. The number of nitrogens with two attached hydrogens (primary N) is 3. The van der Waals surface area contributed by atoms with Crippen molar-refractivity contribution in [2.45, 2.75) is 37.4 Å². The summed E-state index contributed by atoms with van der Waals surface area (Å²) in [6, 6.07) is 2.43. The molecule has 1 rings (SSSR count). The molecule has 0 saturated heterocycles. The number of aliphatic carboxylic acids is 1. The number of phenols is 1. The minimum atomic E-state index is -1.27. The van der Waals surface area contributed by atoms with Crippen LogP contribution in [-0.2, 0) is 25.6 Å². The Morgan fingerprint density at radius 2 is 1.56 bits per heavy atom. The van der Waals surface area contributed by atoms with Gasteiger partial charge in [0.2, 0.25) is 17.7 Å². The van der Waals surface area contributed by atoms with Crippen molar-refractivity contribution in [2.75, 3.05) is 18.8 Å². The maximum absolute atomic E-state index is 13.0. The first-order chi connectivity index (χ1) is 16.1. The molecule has 14 heteroatoms. The van der Waals surface area contributed by atoms with Gasteiger partial charge >= 0.3 is 5.97 Å². The Balaban J connectivity index is 3.00. The van der Waals surface area contributed by atoms with Crippen LogP contribution in [0.3, 0.4) is 0 Å². The number of hydrogen-bond acceptors (Lipinski definition) is 8. The predicted molar refractivity (Wildman–Crippen MR) is 128 cm³/mol. The molecule has 13 nitrogen and oxygen atoms in total. The molecule has 188 valence electrons. The normalized spacial score (nSPS) is 13.1. The van der Waals surface area contributed by atoms with Crippen molar-refractivity contribution in [2.24, 2.45) is 22.2 Å². The van der Waals surface area contributed by atoms with Crippen LogP contribution in [0.4, 0.5) is 0 Å². The molecule has 3 amide bonds. The Morgan fingerprint density at radius 3 is 2.09 bits per heavy atom. The number of carbonyl (C=O) groups is 4. The highest BCUT2D eigenvalue weighted by molar-refractivity contribution is 7.80. The molecule has 0 aliphatic rings. The number of carboxylic acid groups (broad SMARTS) is 1. The molecular weight excluding hydrogens is 466 g/mol. The van der Waals surface area contributed by atoms with Gasteiger partial charge in [-0.3, -0.25) is 19.4 Å². The number of aromatic hydroxyl groups is 1. The van der Waals surface area contributed by atoms with Crippen LogP contribution >= 0.6 is 12.6 Å². The van der Waals surface area contributed by atoms with E-state index >= 15 is 0 Å². The smallest absolute Gasteiger partial charge is 0.326 e. The highest BCUT2D eigenvalue weighted by atomic mass is 32.1. The molecule has 1 aromatic carbocycles. The zero-order chi connectivity index (χ0) is 25.7. The molecule has 0 aromatic heterocycles. The second-order valence-corrected chi connectivity index (χ2v) is 7.65. The third-order valence-electron chi connectivity index (χ3n) is 4.59. The van der Waals surface area contributed by atoms with E-state index in [-0.39, 0.29) is 49.8 Å². The van der Waals surface area contributed by atoms with Crippen molar-refractivity contribution in [3.63, 3.8) is 0 Å². The lowest BCUT2D eigenvalue weighted by Crippen LogP contribution is -2.57. The standard InChI is InChI=1S/C20H31N7O6S/c21-9-16(29)25-15(10-34)18(31)27-14(8-11-3-5-12(28)6-4-11)17(30)26-13(19(32)33)2-1-7-24-20(22)23/h3-6,13-15,28,34H,1-2,7-10,21H2,(H,25,29)(H,26,30)(H,27,31)(H,32,33)(H4,22,23,24). The van der Waals surface area contributed by atoms with Gasteiger partial charge in [-0.25, -0.2) is 4.79 Å². The fourth-order valence-electron chi connectivity index (χ4n) is 2.83. The molecule has 0 radical (unpaired) electrons. The number of aliphatic imine (C=N–C) groups is 1. The van der Waals surface area contributed by atoms with E-state index in [9.17, 15) is 29.4 Å². The topological polar surface area (TPSA) is 235 Å². The van der Waals surface area contributed by atoms with E-state index in [1.54, 1.807) is 12.1 Å². The van der Waals surface area contributed by atoms with Gasteiger partial charge in [0, 0.05) is 18.7 Å². The first-order valence-corrected chi connectivity index (χ1v) is 11.0. The van der Waals surface area contributed by atoms with E-state index in [0.29, 0.717) is 5.56 Å². The molecule has 0 fully saturated rings. The number of nitrogens with one attached hydrogen (secondary N) is 3. The minimum absolute atomic E-state index is 0.0116. The fourth-order valence-corrected chi connectivity index (χ4v) is 3.09. The summed E-state index contributed by atoms with van der Waals surface area (Å²) >= 11 is 4.05. The number of guanidine groups is 1. The average Bonchev–Trinajstić information content (AvgIpc) is 2.79. The number of phenolic OH excluding ortho intramolecular Hbond substituents is 1. The Labute approximate surface area is 201 Å². The molecular formula is C20H31N7O6S. The number of carboxylic acids is 1. The molecule has 3 unspecified atom stereocenters. The minimum Gasteiger partial charge on any atom is -0.508 e. The van der Waals surface area contributed by atoms with Crippen LogP contribution < -0.4 is 33.2 Å². The van der Waals surface area contributed by atoms with Crippen LogP contribution in [0.2, 0.25) is 0 Å². The molecule has 0 aliphatic carbocycles. The van der Waals surface area contributed by atoms with E-state index in [0.717, 1.165) is 0 Å². The summed E-state index contributed by atoms with van der Waals surface area (Å²) in [7, 11) is 0. The Hall–Kier alpha value is -3.52. The quantitative estimate of drug-likeness (QED) is 0.0567. The first kappa shape index (κ1) is 28.5. The van der Waals surface area contributed by atoms with Crippen LogP contribution in [0.1, 0.15) is 18.4 Å². The molecule has 0 spiro atoms. The van der Waals surface area contributed by atoms with E-state index in [1.807, 2.05) is 0 Å². The monoisotopic (exact) mass is 497 g/mol. The van der Waals surface area contributed by atoms with Crippen LogP contribution in [0.15, 0.2) is 29.3 Å². The van der Waals surface area contributed by atoms with Gasteiger partial charge in [-0.2, -0.15) is 12.6 Å². The lowest BCUT2D eigenvalue weighted by Gasteiger charge is -2.24. The molecule has 0 bridgehead atoms. The molecule has 0 aliphatic heterocycles. The molecule has 1 aromatic rings. The Bertz CT molecular complexity index is 877. The van der Waals surface area contributed by atoms with Crippen molar-refractivity contribution >= 4 is 42.3 Å². The average molecular weight is 498 g/mol. The van der Waals surface area contributed by atoms with Gasteiger partial charge in [0.05, 0.1) is 6.54 Å². The van der Waals surface area contributed by atoms with Crippen molar-refractivity contribution in [1.82, 2.24) is 16.0 Å². The maximum atomic E-state index is 13.0.